The van der Waals surface area contributed by atoms with Crippen molar-refractivity contribution in [2.24, 2.45) is 5.92 Å². The second-order valence-electron chi connectivity index (χ2n) is 6.56. The van der Waals surface area contributed by atoms with E-state index in [0.717, 1.165) is 68.4 Å². The molecule has 0 radical (unpaired) electrons. The van der Waals surface area contributed by atoms with E-state index < -0.39 is 0 Å². The van der Waals surface area contributed by atoms with Crippen LogP contribution in [0.2, 0.25) is 0 Å². The lowest BCUT2D eigenvalue weighted by molar-refractivity contribution is -0.135. The van der Waals surface area contributed by atoms with Gasteiger partial charge in [0.05, 0.1) is 0 Å². The molecular formula is C18H22N4OS. The largest absolute Gasteiger partial charge is 0.347 e. The molecule has 2 aliphatic rings. The van der Waals surface area contributed by atoms with Crippen LogP contribution in [-0.2, 0) is 4.79 Å². The zero-order valence-electron chi connectivity index (χ0n) is 13.7. The normalized spacial score (nSPS) is 19.0. The summed E-state index contributed by atoms with van der Waals surface area (Å²) < 4.78 is 4.49. The molecule has 6 heteroatoms. The lowest BCUT2D eigenvalue weighted by Gasteiger charge is -2.32. The minimum absolute atomic E-state index is 0.195. The van der Waals surface area contributed by atoms with E-state index in [1.54, 1.807) is 0 Å². The first-order valence-electron chi connectivity index (χ1n) is 8.74. The number of hydrogen-bond acceptors (Lipinski definition) is 5. The molecule has 0 bridgehead atoms. The van der Waals surface area contributed by atoms with E-state index in [-0.39, 0.29) is 5.92 Å². The van der Waals surface area contributed by atoms with Crippen LogP contribution in [0.4, 0.5) is 5.13 Å². The Hall–Kier alpha value is -1.95. The molecule has 1 aromatic carbocycles. The van der Waals surface area contributed by atoms with Crippen molar-refractivity contribution in [1.29, 1.82) is 0 Å². The predicted octanol–water partition coefficient (Wildman–Crippen LogP) is 3.04. The first-order valence-corrected chi connectivity index (χ1v) is 9.51. The Morgan fingerprint density at radius 1 is 1.04 bits per heavy atom. The Kier molecular flexibility index (Phi) is 4.47. The summed E-state index contributed by atoms with van der Waals surface area (Å²) in [4.78, 5) is 21.5. The zero-order chi connectivity index (χ0) is 16.4. The molecule has 0 unspecified atom stereocenters. The third-order valence-corrected chi connectivity index (χ3v) is 5.76. The fourth-order valence-corrected chi connectivity index (χ4v) is 4.30. The smallest absolute Gasteiger partial charge is 0.225 e. The average Bonchev–Trinajstić information content (AvgIpc) is 3.34. The van der Waals surface area contributed by atoms with Gasteiger partial charge in [0.2, 0.25) is 11.0 Å². The van der Waals surface area contributed by atoms with Crippen LogP contribution in [0, 0.1) is 5.92 Å². The Bertz CT molecular complexity index is 688. The van der Waals surface area contributed by atoms with Crippen LogP contribution in [0.25, 0.3) is 11.4 Å². The van der Waals surface area contributed by atoms with Gasteiger partial charge in [-0.3, -0.25) is 4.79 Å². The van der Waals surface area contributed by atoms with E-state index in [2.05, 4.69) is 19.2 Å². The second kappa shape index (κ2) is 6.89. The molecule has 1 aromatic heterocycles. The number of rotatable bonds is 3. The molecule has 2 aliphatic heterocycles. The summed E-state index contributed by atoms with van der Waals surface area (Å²) in [6.45, 7) is 3.70. The van der Waals surface area contributed by atoms with E-state index in [9.17, 15) is 4.79 Å². The molecule has 3 heterocycles. The van der Waals surface area contributed by atoms with Crippen molar-refractivity contribution in [3.05, 3.63) is 30.3 Å². The highest BCUT2D eigenvalue weighted by Gasteiger charge is 2.30. The van der Waals surface area contributed by atoms with Gasteiger partial charge in [0.1, 0.15) is 0 Å². The van der Waals surface area contributed by atoms with Crippen molar-refractivity contribution in [1.82, 2.24) is 14.3 Å². The van der Waals surface area contributed by atoms with Crippen molar-refractivity contribution >= 4 is 22.6 Å². The number of piperidine rings is 1. The van der Waals surface area contributed by atoms with E-state index in [0.29, 0.717) is 5.91 Å². The fraction of sp³-hybridized carbons (Fsp3) is 0.500. The summed E-state index contributed by atoms with van der Waals surface area (Å²) in [5.74, 6) is 1.36. The van der Waals surface area contributed by atoms with E-state index in [4.69, 9.17) is 0 Å². The van der Waals surface area contributed by atoms with Crippen molar-refractivity contribution in [2.75, 3.05) is 31.1 Å². The number of amides is 1. The van der Waals surface area contributed by atoms with Gasteiger partial charge >= 0.3 is 0 Å². The third kappa shape index (κ3) is 3.15. The minimum Gasteiger partial charge on any atom is -0.347 e. The van der Waals surface area contributed by atoms with Crippen LogP contribution in [0.5, 0.6) is 0 Å². The van der Waals surface area contributed by atoms with E-state index in [1.807, 2.05) is 30.3 Å². The summed E-state index contributed by atoms with van der Waals surface area (Å²) in [6.07, 6.45) is 4.18. The van der Waals surface area contributed by atoms with Crippen LogP contribution in [-0.4, -0.2) is 46.3 Å². The molecule has 0 atom stereocenters. The molecule has 2 aromatic rings. The Morgan fingerprint density at radius 2 is 1.75 bits per heavy atom. The molecule has 126 valence electrons. The molecule has 0 N–H and O–H groups in total. The summed E-state index contributed by atoms with van der Waals surface area (Å²) in [5, 5.41) is 0.973. The predicted molar refractivity (Wildman–Crippen MR) is 96.1 cm³/mol. The molecule has 2 saturated heterocycles. The summed E-state index contributed by atoms with van der Waals surface area (Å²) in [5.41, 5.74) is 1.05. The molecule has 24 heavy (non-hydrogen) atoms. The fourth-order valence-electron chi connectivity index (χ4n) is 3.56. The van der Waals surface area contributed by atoms with Gasteiger partial charge in [0.15, 0.2) is 5.82 Å². The third-order valence-electron chi connectivity index (χ3n) is 4.98. The molecule has 1 amide bonds. The van der Waals surface area contributed by atoms with Crippen LogP contribution in [0.1, 0.15) is 25.7 Å². The van der Waals surface area contributed by atoms with Crippen molar-refractivity contribution < 1.29 is 4.79 Å². The molecule has 4 rings (SSSR count). The standard InChI is InChI=1S/C18H22N4OS/c23-17(21-10-4-5-11-21)15-8-12-22(13-9-15)18-19-16(20-24-18)14-6-2-1-3-7-14/h1-3,6-7,15H,4-5,8-13H2. The Balaban J connectivity index is 1.38. The number of benzene rings is 1. The number of nitrogens with zero attached hydrogens (tertiary/aromatic N) is 4. The number of carbonyl (C=O) groups is 1. The van der Waals surface area contributed by atoms with Gasteiger partial charge in [0.25, 0.3) is 0 Å². The lowest BCUT2D eigenvalue weighted by atomic mass is 9.95. The van der Waals surface area contributed by atoms with Gasteiger partial charge in [0, 0.05) is 49.2 Å². The van der Waals surface area contributed by atoms with Gasteiger partial charge in [-0.2, -0.15) is 9.36 Å². The Labute approximate surface area is 146 Å². The maximum atomic E-state index is 12.5. The zero-order valence-corrected chi connectivity index (χ0v) is 14.5. The number of aromatic nitrogens is 2. The summed E-state index contributed by atoms with van der Waals surface area (Å²) in [6, 6.07) is 10.1. The average molecular weight is 342 g/mol. The van der Waals surface area contributed by atoms with Crippen LogP contribution in [0.3, 0.4) is 0 Å². The molecular weight excluding hydrogens is 320 g/mol. The summed E-state index contributed by atoms with van der Waals surface area (Å²) >= 11 is 1.46. The van der Waals surface area contributed by atoms with E-state index in [1.165, 1.54) is 11.5 Å². The minimum atomic E-state index is 0.195. The molecule has 0 spiro atoms. The van der Waals surface area contributed by atoms with Crippen molar-refractivity contribution in [3.8, 4) is 11.4 Å². The first kappa shape index (κ1) is 15.6. The van der Waals surface area contributed by atoms with Crippen molar-refractivity contribution in [2.45, 2.75) is 25.7 Å². The van der Waals surface area contributed by atoms with Gasteiger partial charge in [-0.05, 0) is 25.7 Å². The highest BCUT2D eigenvalue weighted by atomic mass is 32.1. The summed E-state index contributed by atoms with van der Waals surface area (Å²) in [7, 11) is 0. The number of hydrogen-bond donors (Lipinski definition) is 0. The van der Waals surface area contributed by atoms with Crippen molar-refractivity contribution in [3.63, 3.8) is 0 Å². The van der Waals surface area contributed by atoms with Gasteiger partial charge in [-0.1, -0.05) is 30.3 Å². The van der Waals surface area contributed by atoms with Gasteiger partial charge in [-0.15, -0.1) is 0 Å². The van der Waals surface area contributed by atoms with Crippen LogP contribution >= 0.6 is 11.5 Å². The number of anilines is 1. The highest BCUT2D eigenvalue weighted by Crippen LogP contribution is 2.29. The SMILES string of the molecule is O=C(C1CCN(c2nc(-c3ccccc3)ns2)CC1)N1CCCC1. The van der Waals surface area contributed by atoms with Crippen LogP contribution < -0.4 is 4.90 Å². The molecule has 5 nitrogen and oxygen atoms in total. The molecule has 0 aliphatic carbocycles. The van der Waals surface area contributed by atoms with E-state index >= 15 is 0 Å². The maximum absolute atomic E-state index is 12.5. The quantitative estimate of drug-likeness (QED) is 0.860. The number of carbonyl (C=O) groups excluding carboxylic acids is 1. The Morgan fingerprint density at radius 3 is 2.46 bits per heavy atom. The van der Waals surface area contributed by atoms with Gasteiger partial charge in [-0.25, -0.2) is 0 Å². The van der Waals surface area contributed by atoms with Crippen LogP contribution in [0.15, 0.2) is 30.3 Å². The monoisotopic (exact) mass is 342 g/mol. The maximum Gasteiger partial charge on any atom is 0.225 e. The highest BCUT2D eigenvalue weighted by molar-refractivity contribution is 7.09. The molecule has 2 fully saturated rings. The lowest BCUT2D eigenvalue weighted by Crippen LogP contribution is -2.41. The molecule has 0 saturated carbocycles. The number of likely N-dealkylation sites (tertiary alicyclic amines) is 1. The topological polar surface area (TPSA) is 49.3 Å². The van der Waals surface area contributed by atoms with Gasteiger partial charge < -0.3 is 9.80 Å². The second-order valence-corrected chi connectivity index (χ2v) is 7.29. The first-order chi connectivity index (χ1) is 11.8.